The van der Waals surface area contributed by atoms with Gasteiger partial charge in [-0.25, -0.2) is 0 Å². The van der Waals surface area contributed by atoms with Crippen molar-refractivity contribution in [1.29, 1.82) is 0 Å². The topological polar surface area (TPSA) is 17.8 Å². The first-order chi connectivity index (χ1) is 5.42. The maximum absolute atomic E-state index is 4.32. The lowest BCUT2D eigenvalue weighted by Crippen LogP contribution is -2.19. The van der Waals surface area contributed by atoms with E-state index in [-0.39, 0.29) is 0 Å². The van der Waals surface area contributed by atoms with E-state index in [1.165, 1.54) is 29.4 Å². The lowest BCUT2D eigenvalue weighted by Gasteiger charge is -2.22. The molecule has 0 bridgehead atoms. The van der Waals surface area contributed by atoms with Gasteiger partial charge >= 0.3 is 0 Å². The molecular weight excluding hydrogens is 251 g/mol. The van der Waals surface area contributed by atoms with Crippen LogP contribution in [0.1, 0.15) is 24.6 Å². The lowest BCUT2D eigenvalue weighted by molar-refractivity contribution is 0.403. The first kappa shape index (κ1) is 7.58. The van der Waals surface area contributed by atoms with Gasteiger partial charge < -0.3 is 0 Å². The van der Waals surface area contributed by atoms with Crippen LogP contribution in [0.15, 0.2) is 12.3 Å². The fourth-order valence-electron chi connectivity index (χ4n) is 1.65. The molecular formula is C8H11IN2. The second-order valence-corrected chi connectivity index (χ2v) is 3.85. The minimum absolute atomic E-state index is 0.661. The van der Waals surface area contributed by atoms with E-state index >= 15 is 0 Å². The summed E-state index contributed by atoms with van der Waals surface area (Å²) in [5.41, 5.74) is 1.41. The summed E-state index contributed by atoms with van der Waals surface area (Å²) in [6, 6.07) is 2.80. The molecule has 1 atom stereocenters. The molecule has 0 saturated carbocycles. The van der Waals surface area contributed by atoms with Crippen LogP contribution < -0.4 is 0 Å². The number of fused-ring (bicyclic) bond motifs is 1. The third-order valence-corrected chi connectivity index (χ3v) is 3.26. The van der Waals surface area contributed by atoms with Gasteiger partial charge in [0.1, 0.15) is 0 Å². The second-order valence-electron chi connectivity index (χ2n) is 2.97. The Morgan fingerprint density at radius 1 is 1.73 bits per heavy atom. The summed E-state index contributed by atoms with van der Waals surface area (Å²) >= 11 is 2.44. The second kappa shape index (κ2) is 3.13. The van der Waals surface area contributed by atoms with Crippen molar-refractivity contribution in [3.05, 3.63) is 18.0 Å². The molecule has 2 heterocycles. The molecule has 3 heteroatoms. The van der Waals surface area contributed by atoms with Crippen molar-refractivity contribution in [2.45, 2.75) is 25.3 Å². The number of alkyl halides is 1. The fraction of sp³-hybridized carbons (Fsp3) is 0.625. The van der Waals surface area contributed by atoms with Crippen molar-refractivity contribution in [2.24, 2.45) is 0 Å². The fourth-order valence-corrected chi connectivity index (χ4v) is 2.47. The Bertz CT molecular complexity index is 244. The zero-order valence-corrected chi connectivity index (χ0v) is 8.49. The van der Waals surface area contributed by atoms with Crippen LogP contribution in [-0.4, -0.2) is 14.2 Å². The van der Waals surface area contributed by atoms with Crippen molar-refractivity contribution in [1.82, 2.24) is 9.78 Å². The average Bonchev–Trinajstić information content (AvgIpc) is 2.50. The number of rotatable bonds is 1. The van der Waals surface area contributed by atoms with E-state index in [1.54, 1.807) is 0 Å². The number of hydrogen-bond acceptors (Lipinski definition) is 1. The number of aryl methyl sites for hydroxylation is 1. The molecule has 0 saturated heterocycles. The van der Waals surface area contributed by atoms with Gasteiger partial charge in [-0.2, -0.15) is 5.10 Å². The zero-order chi connectivity index (χ0) is 7.68. The van der Waals surface area contributed by atoms with E-state index in [2.05, 4.69) is 38.4 Å². The summed E-state index contributed by atoms with van der Waals surface area (Å²) < 4.78 is 3.38. The predicted molar refractivity (Wildman–Crippen MR) is 53.1 cm³/mol. The standard InChI is InChI=1S/C8H11IN2/c9-6-8-3-1-2-7-4-5-10-11(7)8/h4-5,8H,1-3,6H2. The molecule has 1 unspecified atom stereocenters. The molecule has 1 aromatic rings. The summed E-state index contributed by atoms with van der Waals surface area (Å²) in [7, 11) is 0. The summed E-state index contributed by atoms with van der Waals surface area (Å²) in [6.07, 6.45) is 5.77. The molecule has 1 aromatic heterocycles. The highest BCUT2D eigenvalue weighted by atomic mass is 127. The first-order valence-corrected chi connectivity index (χ1v) is 5.52. The molecule has 1 aliphatic heterocycles. The Hall–Kier alpha value is -0.0600. The van der Waals surface area contributed by atoms with Gasteiger partial charge in [-0.05, 0) is 25.3 Å². The predicted octanol–water partition coefficient (Wildman–Crippen LogP) is 2.20. The number of halogens is 1. The summed E-state index contributed by atoms with van der Waals surface area (Å²) in [5, 5.41) is 4.32. The van der Waals surface area contributed by atoms with Gasteiger partial charge in [-0.1, -0.05) is 22.6 Å². The minimum atomic E-state index is 0.661. The minimum Gasteiger partial charge on any atom is -0.266 e. The van der Waals surface area contributed by atoms with Crippen molar-refractivity contribution in [2.75, 3.05) is 4.43 Å². The van der Waals surface area contributed by atoms with E-state index in [9.17, 15) is 0 Å². The van der Waals surface area contributed by atoms with Gasteiger partial charge in [0.2, 0.25) is 0 Å². The Labute approximate surface area is 80.1 Å². The SMILES string of the molecule is ICC1CCCc2ccnn21. The van der Waals surface area contributed by atoms with Crippen LogP contribution in [0.3, 0.4) is 0 Å². The van der Waals surface area contributed by atoms with Crippen LogP contribution in [0.25, 0.3) is 0 Å². The Morgan fingerprint density at radius 3 is 3.45 bits per heavy atom. The quantitative estimate of drug-likeness (QED) is 0.560. The van der Waals surface area contributed by atoms with Gasteiger partial charge in [-0.15, -0.1) is 0 Å². The van der Waals surface area contributed by atoms with Crippen molar-refractivity contribution in [3.63, 3.8) is 0 Å². The van der Waals surface area contributed by atoms with E-state index in [0.717, 1.165) is 0 Å². The average molecular weight is 262 g/mol. The molecule has 0 N–H and O–H groups in total. The van der Waals surface area contributed by atoms with Crippen LogP contribution in [0.4, 0.5) is 0 Å². The molecule has 0 spiro atoms. The molecule has 0 aliphatic carbocycles. The summed E-state index contributed by atoms with van der Waals surface area (Å²) in [5.74, 6) is 0. The van der Waals surface area contributed by atoms with Crippen molar-refractivity contribution in [3.8, 4) is 0 Å². The highest BCUT2D eigenvalue weighted by Gasteiger charge is 2.17. The Kier molecular flexibility index (Phi) is 2.16. The highest BCUT2D eigenvalue weighted by molar-refractivity contribution is 14.1. The third-order valence-electron chi connectivity index (χ3n) is 2.25. The number of hydrogen-bond donors (Lipinski definition) is 0. The van der Waals surface area contributed by atoms with Gasteiger partial charge in [0.05, 0.1) is 6.04 Å². The lowest BCUT2D eigenvalue weighted by atomic mass is 10.1. The summed E-state index contributed by atoms with van der Waals surface area (Å²) in [4.78, 5) is 0. The van der Waals surface area contributed by atoms with Gasteiger partial charge in [-0.3, -0.25) is 4.68 Å². The molecule has 0 fully saturated rings. The molecule has 11 heavy (non-hydrogen) atoms. The van der Waals surface area contributed by atoms with Crippen LogP contribution >= 0.6 is 22.6 Å². The van der Waals surface area contributed by atoms with Gasteiger partial charge in [0.25, 0.3) is 0 Å². The van der Waals surface area contributed by atoms with Crippen molar-refractivity contribution >= 4 is 22.6 Å². The molecule has 0 aromatic carbocycles. The Morgan fingerprint density at radius 2 is 2.64 bits per heavy atom. The molecule has 60 valence electrons. The van der Waals surface area contributed by atoms with Crippen molar-refractivity contribution < 1.29 is 0 Å². The van der Waals surface area contributed by atoms with Crippen LogP contribution in [0.5, 0.6) is 0 Å². The van der Waals surface area contributed by atoms with Crippen LogP contribution in [0, 0.1) is 0 Å². The van der Waals surface area contributed by atoms with E-state index in [4.69, 9.17) is 0 Å². The van der Waals surface area contributed by atoms with E-state index in [0.29, 0.717) is 6.04 Å². The largest absolute Gasteiger partial charge is 0.266 e. The van der Waals surface area contributed by atoms with E-state index < -0.39 is 0 Å². The maximum Gasteiger partial charge on any atom is 0.0611 e. The molecule has 0 amide bonds. The molecule has 1 aliphatic rings. The molecule has 2 nitrogen and oxygen atoms in total. The normalized spacial score (nSPS) is 23.2. The third kappa shape index (κ3) is 1.30. The summed E-state index contributed by atoms with van der Waals surface area (Å²) in [6.45, 7) is 0. The Balaban J connectivity index is 2.32. The number of nitrogens with zero attached hydrogens (tertiary/aromatic N) is 2. The first-order valence-electron chi connectivity index (χ1n) is 4.00. The smallest absolute Gasteiger partial charge is 0.0611 e. The van der Waals surface area contributed by atoms with Crippen LogP contribution in [0.2, 0.25) is 0 Å². The van der Waals surface area contributed by atoms with Gasteiger partial charge in [0.15, 0.2) is 0 Å². The molecule has 2 rings (SSSR count). The number of aromatic nitrogens is 2. The van der Waals surface area contributed by atoms with Gasteiger partial charge in [0, 0.05) is 16.3 Å². The van der Waals surface area contributed by atoms with Crippen LogP contribution in [-0.2, 0) is 6.42 Å². The maximum atomic E-state index is 4.32. The highest BCUT2D eigenvalue weighted by Crippen LogP contribution is 2.24. The zero-order valence-electron chi connectivity index (χ0n) is 6.33. The van der Waals surface area contributed by atoms with E-state index in [1.807, 2.05) is 6.20 Å². The molecule has 0 radical (unpaired) electrons. The monoisotopic (exact) mass is 262 g/mol.